The summed E-state index contributed by atoms with van der Waals surface area (Å²) < 4.78 is 1.63. The van der Waals surface area contributed by atoms with Gasteiger partial charge in [-0.1, -0.05) is 41.1 Å². The van der Waals surface area contributed by atoms with E-state index in [-0.39, 0.29) is 11.9 Å². The van der Waals surface area contributed by atoms with Gasteiger partial charge in [-0.3, -0.25) is 4.79 Å². The predicted molar refractivity (Wildman–Crippen MR) is 103 cm³/mol. The number of aliphatic hydroxyl groups is 1. The van der Waals surface area contributed by atoms with Crippen LogP contribution in [0.2, 0.25) is 10.2 Å². The maximum atomic E-state index is 12.5. The summed E-state index contributed by atoms with van der Waals surface area (Å²) in [5.74, 6) is 5.77. The van der Waals surface area contributed by atoms with Gasteiger partial charge in [0.25, 0.3) is 5.91 Å². The lowest BCUT2D eigenvalue weighted by Gasteiger charge is -2.33. The number of aromatic nitrogens is 1. The van der Waals surface area contributed by atoms with Gasteiger partial charge < -0.3 is 15.0 Å². The highest BCUT2D eigenvalue weighted by Crippen LogP contribution is 2.28. The zero-order chi connectivity index (χ0) is 18.7. The van der Waals surface area contributed by atoms with E-state index in [4.69, 9.17) is 23.2 Å². The second kappa shape index (κ2) is 7.75. The van der Waals surface area contributed by atoms with Crippen molar-refractivity contribution in [1.82, 2.24) is 9.88 Å². The minimum atomic E-state index is -1.12. The summed E-state index contributed by atoms with van der Waals surface area (Å²) in [6.45, 7) is 0. The molecule has 4 nitrogen and oxygen atoms in total. The maximum Gasteiger partial charge on any atom is 0.268 e. The molecule has 1 aliphatic carbocycles. The first kappa shape index (κ1) is 18.8. The van der Waals surface area contributed by atoms with Crippen LogP contribution in [0.3, 0.4) is 0 Å². The second-order valence-electron chi connectivity index (χ2n) is 6.66. The van der Waals surface area contributed by atoms with Crippen molar-refractivity contribution in [2.75, 3.05) is 0 Å². The number of nitrogens with one attached hydrogen (secondary N) is 1. The first-order chi connectivity index (χ1) is 12.4. The summed E-state index contributed by atoms with van der Waals surface area (Å²) in [5, 5.41) is 14.9. The lowest BCUT2D eigenvalue weighted by Crippen LogP contribution is -2.45. The van der Waals surface area contributed by atoms with E-state index >= 15 is 0 Å². The average molecular weight is 391 g/mol. The average Bonchev–Trinajstić information content (AvgIpc) is 2.93. The monoisotopic (exact) mass is 390 g/mol. The third-order valence-electron chi connectivity index (χ3n) is 4.62. The van der Waals surface area contributed by atoms with Crippen molar-refractivity contribution in [3.63, 3.8) is 0 Å². The molecule has 2 N–H and O–H groups in total. The van der Waals surface area contributed by atoms with Crippen molar-refractivity contribution < 1.29 is 9.90 Å². The molecule has 1 aromatic heterocycles. The zero-order valence-corrected chi connectivity index (χ0v) is 15.9. The Hall–Kier alpha value is -1.93. The number of halogens is 2. The number of hydrogen-bond donors (Lipinski definition) is 2. The Morgan fingerprint density at radius 3 is 2.85 bits per heavy atom. The number of nitrogens with zero attached hydrogens (tertiary/aromatic N) is 1. The zero-order valence-electron chi connectivity index (χ0n) is 14.4. The Kier molecular flexibility index (Phi) is 5.62. The molecule has 1 saturated carbocycles. The van der Waals surface area contributed by atoms with E-state index in [0.29, 0.717) is 28.7 Å². The third kappa shape index (κ3) is 4.42. The van der Waals surface area contributed by atoms with Crippen LogP contribution in [0.1, 0.15) is 41.7 Å². The molecule has 0 saturated heterocycles. The number of benzene rings is 1. The molecule has 1 amide bonds. The van der Waals surface area contributed by atoms with Crippen LogP contribution in [0, 0.1) is 11.8 Å². The van der Waals surface area contributed by atoms with Crippen molar-refractivity contribution in [2.45, 2.75) is 37.3 Å². The van der Waals surface area contributed by atoms with Gasteiger partial charge in [0.1, 0.15) is 16.4 Å². The highest BCUT2D eigenvalue weighted by Gasteiger charge is 2.33. The molecule has 2 aromatic rings. The molecule has 3 rings (SSSR count). The highest BCUT2D eigenvalue weighted by molar-refractivity contribution is 6.30. The Balaban J connectivity index is 1.69. The lowest BCUT2D eigenvalue weighted by molar-refractivity contribution is 0.0451. The van der Waals surface area contributed by atoms with E-state index in [1.165, 1.54) is 0 Å². The first-order valence-corrected chi connectivity index (χ1v) is 9.25. The number of amides is 1. The lowest BCUT2D eigenvalue weighted by atomic mass is 9.82. The largest absolute Gasteiger partial charge is 0.378 e. The van der Waals surface area contributed by atoms with Gasteiger partial charge >= 0.3 is 0 Å². The fourth-order valence-electron chi connectivity index (χ4n) is 3.22. The molecule has 0 radical (unpaired) electrons. The van der Waals surface area contributed by atoms with Gasteiger partial charge in [-0.05, 0) is 49.6 Å². The summed E-state index contributed by atoms with van der Waals surface area (Å²) in [6.07, 6.45) is 2.58. The molecule has 1 aromatic carbocycles. The highest BCUT2D eigenvalue weighted by atomic mass is 35.5. The Bertz CT molecular complexity index is 881. The van der Waals surface area contributed by atoms with Gasteiger partial charge in [0.05, 0.1) is 0 Å². The van der Waals surface area contributed by atoms with Gasteiger partial charge in [0.15, 0.2) is 0 Å². The summed E-state index contributed by atoms with van der Waals surface area (Å²) in [7, 11) is 1.74. The topological polar surface area (TPSA) is 54.3 Å². The fraction of sp³-hybridized carbons (Fsp3) is 0.350. The van der Waals surface area contributed by atoms with Crippen LogP contribution in [0.25, 0.3) is 0 Å². The molecule has 2 atom stereocenters. The molecular formula is C20H20Cl2N2O2. The molecule has 0 bridgehead atoms. The van der Waals surface area contributed by atoms with Crippen LogP contribution in [0.15, 0.2) is 36.4 Å². The predicted octanol–water partition coefficient (Wildman–Crippen LogP) is 3.79. The molecular weight excluding hydrogens is 371 g/mol. The molecule has 0 aliphatic heterocycles. The van der Waals surface area contributed by atoms with Crippen molar-refractivity contribution in [3.05, 3.63) is 57.8 Å². The molecule has 1 unspecified atom stereocenters. The van der Waals surface area contributed by atoms with E-state index in [9.17, 15) is 9.90 Å². The van der Waals surface area contributed by atoms with Crippen LogP contribution < -0.4 is 5.32 Å². The molecule has 26 heavy (non-hydrogen) atoms. The van der Waals surface area contributed by atoms with Gasteiger partial charge in [-0.25, -0.2) is 0 Å². The molecule has 6 heteroatoms. The van der Waals surface area contributed by atoms with E-state index < -0.39 is 5.60 Å². The van der Waals surface area contributed by atoms with E-state index in [1.807, 2.05) is 12.1 Å². The summed E-state index contributed by atoms with van der Waals surface area (Å²) in [6, 6.07) is 10.5. The number of carbonyl (C=O) groups is 1. The van der Waals surface area contributed by atoms with Crippen molar-refractivity contribution >= 4 is 29.1 Å². The van der Waals surface area contributed by atoms with Crippen LogP contribution in [-0.4, -0.2) is 27.2 Å². The molecule has 1 aliphatic rings. The third-order valence-corrected chi connectivity index (χ3v) is 5.23. The fourth-order valence-corrected chi connectivity index (χ4v) is 3.56. The molecule has 136 valence electrons. The van der Waals surface area contributed by atoms with Crippen molar-refractivity contribution in [1.29, 1.82) is 0 Å². The SMILES string of the molecule is Cn1c(Cl)ccc1C(=O)N[C@@H]1CCCC(O)(C#Cc2cccc(Cl)c2)C1. The minimum Gasteiger partial charge on any atom is -0.378 e. The normalized spacial score (nSPS) is 22.4. The van der Waals surface area contributed by atoms with Gasteiger partial charge in [-0.2, -0.15) is 0 Å². The maximum absolute atomic E-state index is 12.5. The van der Waals surface area contributed by atoms with Crippen LogP contribution in [0.5, 0.6) is 0 Å². The smallest absolute Gasteiger partial charge is 0.268 e. The van der Waals surface area contributed by atoms with E-state index in [1.54, 1.807) is 35.9 Å². The molecule has 1 fully saturated rings. The summed E-state index contributed by atoms with van der Waals surface area (Å²) in [5.41, 5.74) is 0.134. The van der Waals surface area contributed by atoms with Crippen molar-refractivity contribution in [3.8, 4) is 11.8 Å². The summed E-state index contributed by atoms with van der Waals surface area (Å²) in [4.78, 5) is 12.5. The van der Waals surface area contributed by atoms with Crippen LogP contribution in [0.4, 0.5) is 0 Å². The quantitative estimate of drug-likeness (QED) is 0.766. The molecule has 1 heterocycles. The number of carbonyl (C=O) groups excluding carboxylic acids is 1. The Morgan fingerprint density at radius 1 is 1.35 bits per heavy atom. The first-order valence-electron chi connectivity index (χ1n) is 8.49. The van der Waals surface area contributed by atoms with E-state index in [0.717, 1.165) is 18.4 Å². The number of rotatable bonds is 2. The second-order valence-corrected chi connectivity index (χ2v) is 7.48. The minimum absolute atomic E-state index is 0.136. The standard InChI is InChI=1S/C20H20Cl2N2O2/c1-24-17(7-8-18(24)22)19(25)23-16-6-3-10-20(26,13-16)11-9-14-4-2-5-15(21)12-14/h2,4-5,7-8,12,16,26H,3,6,10,13H2,1H3,(H,23,25)/t16-,20?/m1/s1. The Morgan fingerprint density at radius 2 is 2.15 bits per heavy atom. The van der Waals surface area contributed by atoms with E-state index in [2.05, 4.69) is 17.2 Å². The Labute approximate surface area is 163 Å². The number of hydrogen-bond acceptors (Lipinski definition) is 2. The van der Waals surface area contributed by atoms with Crippen LogP contribution >= 0.6 is 23.2 Å². The van der Waals surface area contributed by atoms with Crippen molar-refractivity contribution in [2.24, 2.45) is 7.05 Å². The molecule has 0 spiro atoms. The van der Waals surface area contributed by atoms with Gasteiger partial charge in [-0.15, -0.1) is 0 Å². The summed E-state index contributed by atoms with van der Waals surface area (Å²) >= 11 is 12.0. The van der Waals surface area contributed by atoms with Gasteiger partial charge in [0, 0.05) is 30.1 Å². The van der Waals surface area contributed by atoms with Crippen LogP contribution in [-0.2, 0) is 7.05 Å². The van der Waals surface area contributed by atoms with Gasteiger partial charge in [0.2, 0.25) is 0 Å².